The van der Waals surface area contributed by atoms with Crippen LogP contribution in [0, 0.1) is 6.92 Å². The van der Waals surface area contributed by atoms with Gasteiger partial charge in [0, 0.05) is 0 Å². The summed E-state index contributed by atoms with van der Waals surface area (Å²) in [6.07, 6.45) is -4.55. The fourth-order valence-corrected chi connectivity index (χ4v) is 1.28. The quantitative estimate of drug-likeness (QED) is 0.732. The van der Waals surface area contributed by atoms with Gasteiger partial charge in [-0.15, -0.1) is 0 Å². The molecule has 0 aliphatic carbocycles. The molecule has 0 atom stereocenters. The molecule has 0 fully saturated rings. The Morgan fingerprint density at radius 1 is 1.38 bits per heavy atom. The zero-order valence-electron chi connectivity index (χ0n) is 8.89. The highest BCUT2D eigenvalue weighted by molar-refractivity contribution is 5.91. The molecule has 0 unspecified atom stereocenters. The Labute approximate surface area is 91.0 Å². The van der Waals surface area contributed by atoms with Crippen LogP contribution in [0.25, 0.3) is 0 Å². The van der Waals surface area contributed by atoms with Crippen molar-refractivity contribution in [3.05, 3.63) is 34.9 Å². The summed E-state index contributed by atoms with van der Waals surface area (Å²) in [6, 6.07) is 3.52. The van der Waals surface area contributed by atoms with Crippen LogP contribution in [-0.4, -0.2) is 12.6 Å². The van der Waals surface area contributed by atoms with Crippen molar-refractivity contribution < 1.29 is 22.7 Å². The van der Waals surface area contributed by atoms with E-state index in [1.54, 1.807) is 6.92 Å². The number of rotatable bonds is 2. The first-order valence-electron chi connectivity index (χ1n) is 4.71. The van der Waals surface area contributed by atoms with Gasteiger partial charge in [0.25, 0.3) is 0 Å². The minimum absolute atomic E-state index is 0.0456. The Hall–Kier alpha value is -1.52. The summed E-state index contributed by atoms with van der Waals surface area (Å²) in [6.45, 7) is 3.12. The maximum absolute atomic E-state index is 12.6. The van der Waals surface area contributed by atoms with Gasteiger partial charge in [-0.3, -0.25) is 0 Å². The lowest BCUT2D eigenvalue weighted by Crippen LogP contribution is -2.15. The number of esters is 1. The van der Waals surface area contributed by atoms with Crippen LogP contribution >= 0.6 is 0 Å². The maximum Gasteiger partial charge on any atom is 0.417 e. The van der Waals surface area contributed by atoms with E-state index in [2.05, 4.69) is 4.74 Å². The van der Waals surface area contributed by atoms with Crippen LogP contribution in [0.3, 0.4) is 0 Å². The van der Waals surface area contributed by atoms with E-state index >= 15 is 0 Å². The number of benzene rings is 1. The predicted molar refractivity (Wildman–Crippen MR) is 52.1 cm³/mol. The third-order valence-electron chi connectivity index (χ3n) is 1.98. The molecule has 0 aliphatic heterocycles. The average molecular weight is 232 g/mol. The van der Waals surface area contributed by atoms with Crippen LogP contribution in [0.2, 0.25) is 0 Å². The highest BCUT2D eigenvalue weighted by Crippen LogP contribution is 2.32. The number of aryl methyl sites for hydroxylation is 1. The topological polar surface area (TPSA) is 26.3 Å². The van der Waals surface area contributed by atoms with Crippen molar-refractivity contribution in [3.63, 3.8) is 0 Å². The molecular formula is C11H11F3O2. The lowest BCUT2D eigenvalue weighted by Gasteiger charge is -2.12. The second-order valence-electron chi connectivity index (χ2n) is 3.27. The fourth-order valence-electron chi connectivity index (χ4n) is 1.28. The molecule has 2 nitrogen and oxygen atoms in total. The number of carbonyl (C=O) groups excluding carboxylic acids is 1. The van der Waals surface area contributed by atoms with Crippen molar-refractivity contribution >= 4 is 5.97 Å². The van der Waals surface area contributed by atoms with E-state index in [0.29, 0.717) is 5.56 Å². The van der Waals surface area contributed by atoms with Crippen molar-refractivity contribution in [2.75, 3.05) is 6.61 Å². The number of ether oxygens (including phenoxy) is 1. The molecule has 0 aromatic heterocycles. The number of hydrogen-bond acceptors (Lipinski definition) is 2. The maximum atomic E-state index is 12.6. The van der Waals surface area contributed by atoms with Gasteiger partial charge in [0.15, 0.2) is 0 Å². The Morgan fingerprint density at radius 3 is 2.50 bits per heavy atom. The molecule has 1 aromatic carbocycles. The zero-order valence-corrected chi connectivity index (χ0v) is 8.89. The first-order chi connectivity index (χ1) is 7.36. The Morgan fingerprint density at radius 2 is 2.00 bits per heavy atom. The molecule has 0 aliphatic rings. The van der Waals surface area contributed by atoms with E-state index in [-0.39, 0.29) is 6.61 Å². The van der Waals surface area contributed by atoms with E-state index in [1.165, 1.54) is 13.0 Å². The van der Waals surface area contributed by atoms with Gasteiger partial charge in [0.1, 0.15) is 0 Å². The van der Waals surface area contributed by atoms with Gasteiger partial charge in [-0.2, -0.15) is 13.2 Å². The zero-order chi connectivity index (χ0) is 12.3. The SMILES string of the molecule is CCOC(=O)c1ccc(C)cc1C(F)(F)F. The van der Waals surface area contributed by atoms with Crippen molar-refractivity contribution in [1.82, 2.24) is 0 Å². The second-order valence-corrected chi connectivity index (χ2v) is 3.27. The van der Waals surface area contributed by atoms with Crippen LogP contribution in [-0.2, 0) is 10.9 Å². The lowest BCUT2D eigenvalue weighted by molar-refractivity contribution is -0.138. The molecular weight excluding hydrogens is 221 g/mol. The lowest BCUT2D eigenvalue weighted by atomic mass is 10.0. The number of hydrogen-bond donors (Lipinski definition) is 0. The molecule has 0 bridgehead atoms. The van der Waals surface area contributed by atoms with Gasteiger partial charge in [-0.25, -0.2) is 4.79 Å². The predicted octanol–water partition coefficient (Wildman–Crippen LogP) is 3.19. The molecule has 0 spiro atoms. The van der Waals surface area contributed by atoms with Crippen molar-refractivity contribution in [3.8, 4) is 0 Å². The first-order valence-corrected chi connectivity index (χ1v) is 4.71. The van der Waals surface area contributed by atoms with Crippen LogP contribution in [0.4, 0.5) is 13.2 Å². The standard InChI is InChI=1S/C11H11F3O2/c1-3-16-10(15)8-5-4-7(2)6-9(8)11(12,13)14/h4-6H,3H2,1-2H3. The smallest absolute Gasteiger partial charge is 0.417 e. The van der Waals surface area contributed by atoms with E-state index in [4.69, 9.17) is 0 Å². The molecule has 16 heavy (non-hydrogen) atoms. The molecule has 0 N–H and O–H groups in total. The molecule has 1 aromatic rings. The average Bonchev–Trinajstić information content (AvgIpc) is 2.16. The van der Waals surface area contributed by atoms with Crippen molar-refractivity contribution in [2.24, 2.45) is 0 Å². The minimum Gasteiger partial charge on any atom is -0.462 e. The molecule has 0 radical (unpaired) electrons. The number of halogens is 3. The molecule has 0 saturated heterocycles. The summed E-state index contributed by atoms with van der Waals surface area (Å²) in [5, 5.41) is 0. The molecule has 5 heteroatoms. The van der Waals surface area contributed by atoms with E-state index in [9.17, 15) is 18.0 Å². The van der Waals surface area contributed by atoms with Crippen LogP contribution in [0.15, 0.2) is 18.2 Å². The van der Waals surface area contributed by atoms with Gasteiger partial charge < -0.3 is 4.74 Å². The van der Waals surface area contributed by atoms with Crippen molar-refractivity contribution in [1.29, 1.82) is 0 Å². The summed E-state index contributed by atoms with van der Waals surface area (Å²) in [5.41, 5.74) is -0.953. The van der Waals surface area contributed by atoms with Gasteiger partial charge in [0.2, 0.25) is 0 Å². The van der Waals surface area contributed by atoms with Gasteiger partial charge >= 0.3 is 12.1 Å². The third-order valence-corrected chi connectivity index (χ3v) is 1.98. The fraction of sp³-hybridized carbons (Fsp3) is 0.364. The third kappa shape index (κ3) is 2.74. The van der Waals surface area contributed by atoms with Crippen LogP contribution in [0.5, 0.6) is 0 Å². The Kier molecular flexibility index (Phi) is 3.57. The number of carbonyl (C=O) groups is 1. The summed E-state index contributed by atoms with van der Waals surface area (Å²) in [4.78, 5) is 11.3. The van der Waals surface area contributed by atoms with Gasteiger partial charge in [-0.05, 0) is 26.0 Å². The molecule has 88 valence electrons. The largest absolute Gasteiger partial charge is 0.462 e. The summed E-state index contributed by atoms with van der Waals surface area (Å²) in [7, 11) is 0. The van der Waals surface area contributed by atoms with E-state index in [1.807, 2.05) is 0 Å². The summed E-state index contributed by atoms with van der Waals surface area (Å²) >= 11 is 0. The van der Waals surface area contributed by atoms with Crippen molar-refractivity contribution in [2.45, 2.75) is 20.0 Å². The van der Waals surface area contributed by atoms with Gasteiger partial charge in [0.05, 0.1) is 17.7 Å². The number of alkyl halides is 3. The van der Waals surface area contributed by atoms with E-state index in [0.717, 1.165) is 12.1 Å². The molecule has 0 heterocycles. The Bertz CT molecular complexity index is 397. The second kappa shape index (κ2) is 4.55. The van der Waals surface area contributed by atoms with Crippen LogP contribution < -0.4 is 0 Å². The normalized spacial score (nSPS) is 11.3. The highest BCUT2D eigenvalue weighted by atomic mass is 19.4. The molecule has 0 amide bonds. The molecule has 1 rings (SSSR count). The monoisotopic (exact) mass is 232 g/mol. The summed E-state index contributed by atoms with van der Waals surface area (Å²) in [5.74, 6) is -0.949. The van der Waals surface area contributed by atoms with Crippen LogP contribution in [0.1, 0.15) is 28.4 Å². The summed E-state index contributed by atoms with van der Waals surface area (Å²) < 4.78 is 42.4. The Balaban J connectivity index is 3.23. The van der Waals surface area contributed by atoms with Gasteiger partial charge in [-0.1, -0.05) is 11.6 Å². The first kappa shape index (κ1) is 12.5. The highest BCUT2D eigenvalue weighted by Gasteiger charge is 2.35. The van der Waals surface area contributed by atoms with E-state index < -0.39 is 23.3 Å². The minimum atomic E-state index is -4.55. The molecule has 0 saturated carbocycles.